The van der Waals surface area contributed by atoms with Gasteiger partial charge in [0.25, 0.3) is 17.2 Å². The smallest absolute Gasteiger partial charge is 0.269 e. The van der Waals surface area contributed by atoms with Crippen LogP contribution in [0.5, 0.6) is 0 Å². The van der Waals surface area contributed by atoms with Crippen molar-refractivity contribution in [1.29, 1.82) is 0 Å². The summed E-state index contributed by atoms with van der Waals surface area (Å²) in [5.74, 6) is 0.310. The maximum atomic E-state index is 13.8. The van der Waals surface area contributed by atoms with Crippen molar-refractivity contribution in [3.63, 3.8) is 0 Å². The molecule has 9 nitrogen and oxygen atoms in total. The molecule has 4 aromatic rings. The van der Waals surface area contributed by atoms with Crippen molar-refractivity contribution in [2.45, 2.75) is 30.8 Å². The lowest BCUT2D eigenvalue weighted by Gasteiger charge is -2.26. The fourth-order valence-electron chi connectivity index (χ4n) is 4.41. The SMILES string of the molecule is Cc1c(C(=O)N2CCOCC2)sc2nc(SCc3cccc([N+](=O)[O-])c3)n(CCc3ccccc3)c(=O)c12. The number of hydrogen-bond acceptors (Lipinski definition) is 8. The molecule has 0 radical (unpaired) electrons. The van der Waals surface area contributed by atoms with Gasteiger partial charge in [-0.1, -0.05) is 54.2 Å². The number of thioether (sulfide) groups is 1. The zero-order valence-corrected chi connectivity index (χ0v) is 22.4. The van der Waals surface area contributed by atoms with E-state index in [1.165, 1.54) is 35.2 Å². The van der Waals surface area contributed by atoms with E-state index in [1.54, 1.807) is 15.5 Å². The molecule has 3 heterocycles. The molecule has 1 aliphatic rings. The van der Waals surface area contributed by atoms with Gasteiger partial charge in [0.2, 0.25) is 0 Å². The first kappa shape index (κ1) is 26.1. The van der Waals surface area contributed by atoms with Crippen LogP contribution >= 0.6 is 23.1 Å². The number of rotatable bonds is 8. The molecular weight excluding hydrogens is 524 g/mol. The molecule has 0 aliphatic carbocycles. The Bertz CT molecular complexity index is 1540. The topological polar surface area (TPSA) is 108 Å². The Morgan fingerprint density at radius 3 is 2.61 bits per heavy atom. The van der Waals surface area contributed by atoms with Gasteiger partial charge < -0.3 is 9.64 Å². The molecule has 0 bridgehead atoms. The largest absolute Gasteiger partial charge is 0.378 e. The third kappa shape index (κ3) is 5.50. The molecule has 0 unspecified atom stereocenters. The third-order valence-electron chi connectivity index (χ3n) is 6.46. The van der Waals surface area contributed by atoms with Crippen LogP contribution in [0.4, 0.5) is 5.69 Å². The van der Waals surface area contributed by atoms with E-state index in [4.69, 9.17) is 9.72 Å². The number of nitro benzene ring substituents is 1. The predicted molar refractivity (Wildman–Crippen MR) is 148 cm³/mol. The molecule has 1 saturated heterocycles. The molecule has 1 aliphatic heterocycles. The summed E-state index contributed by atoms with van der Waals surface area (Å²) < 4.78 is 7.04. The van der Waals surface area contributed by atoms with Gasteiger partial charge in [-0.2, -0.15) is 0 Å². The highest BCUT2D eigenvalue weighted by Gasteiger charge is 2.26. The fourth-order valence-corrected chi connectivity index (χ4v) is 6.57. The molecule has 2 aromatic heterocycles. The lowest BCUT2D eigenvalue weighted by atomic mass is 10.1. The first-order valence-corrected chi connectivity index (χ1v) is 14.0. The minimum atomic E-state index is -0.421. The van der Waals surface area contributed by atoms with Gasteiger partial charge in [0.15, 0.2) is 5.16 Å². The minimum absolute atomic E-state index is 0.0214. The van der Waals surface area contributed by atoms with Crippen LogP contribution in [0.3, 0.4) is 0 Å². The monoisotopic (exact) mass is 550 g/mol. The van der Waals surface area contributed by atoms with Crippen molar-refractivity contribution in [1.82, 2.24) is 14.5 Å². The third-order valence-corrected chi connectivity index (χ3v) is 8.69. The lowest BCUT2D eigenvalue weighted by molar-refractivity contribution is -0.384. The number of nitro groups is 1. The van der Waals surface area contributed by atoms with E-state index in [9.17, 15) is 19.7 Å². The number of benzene rings is 2. The first-order valence-electron chi connectivity index (χ1n) is 12.2. The quantitative estimate of drug-likeness (QED) is 0.136. The van der Waals surface area contributed by atoms with Crippen LogP contribution < -0.4 is 5.56 Å². The molecule has 0 spiro atoms. The number of hydrogen-bond donors (Lipinski definition) is 0. The van der Waals surface area contributed by atoms with Crippen molar-refractivity contribution in [2.24, 2.45) is 0 Å². The van der Waals surface area contributed by atoms with Crippen LogP contribution in [0.1, 0.15) is 26.4 Å². The minimum Gasteiger partial charge on any atom is -0.378 e. The number of aryl methyl sites for hydroxylation is 2. The highest BCUT2D eigenvalue weighted by molar-refractivity contribution is 7.98. The second-order valence-corrected chi connectivity index (χ2v) is 10.9. The average molecular weight is 551 g/mol. The number of carbonyl (C=O) groups excluding carboxylic acids is 1. The number of aromatic nitrogens is 2. The number of carbonyl (C=O) groups is 1. The van der Waals surface area contributed by atoms with Crippen LogP contribution in [0.15, 0.2) is 64.5 Å². The summed E-state index contributed by atoms with van der Waals surface area (Å²) in [5, 5.41) is 12.2. The van der Waals surface area contributed by atoms with E-state index in [1.807, 2.05) is 43.3 Å². The Kier molecular flexibility index (Phi) is 7.87. The number of morpholine rings is 1. The van der Waals surface area contributed by atoms with Gasteiger partial charge in [0.05, 0.1) is 28.4 Å². The zero-order chi connectivity index (χ0) is 26.6. The number of non-ortho nitro benzene ring substituents is 1. The average Bonchev–Trinajstić information content (AvgIpc) is 3.28. The van der Waals surface area contributed by atoms with E-state index >= 15 is 0 Å². The number of nitrogens with zero attached hydrogens (tertiary/aromatic N) is 4. The fraction of sp³-hybridized carbons (Fsp3) is 0.296. The van der Waals surface area contributed by atoms with Gasteiger partial charge in [-0.15, -0.1) is 11.3 Å². The van der Waals surface area contributed by atoms with Gasteiger partial charge in [0.1, 0.15) is 4.83 Å². The van der Waals surface area contributed by atoms with Gasteiger partial charge in [-0.3, -0.25) is 24.3 Å². The van der Waals surface area contributed by atoms with Gasteiger partial charge in [-0.25, -0.2) is 4.98 Å². The molecule has 196 valence electrons. The first-order chi connectivity index (χ1) is 18.4. The predicted octanol–water partition coefficient (Wildman–Crippen LogP) is 4.68. The molecule has 2 aromatic carbocycles. The molecule has 1 amide bonds. The second-order valence-electron chi connectivity index (χ2n) is 8.94. The van der Waals surface area contributed by atoms with Crippen LogP contribution in [0.2, 0.25) is 0 Å². The number of ether oxygens (including phenoxy) is 1. The summed E-state index contributed by atoms with van der Waals surface area (Å²) in [5.41, 5.74) is 2.36. The summed E-state index contributed by atoms with van der Waals surface area (Å²) >= 11 is 2.61. The Labute approximate surface area is 227 Å². The summed E-state index contributed by atoms with van der Waals surface area (Å²) in [6.07, 6.45) is 0.640. The van der Waals surface area contributed by atoms with E-state index < -0.39 is 4.92 Å². The van der Waals surface area contributed by atoms with Crippen molar-refractivity contribution >= 4 is 44.9 Å². The maximum absolute atomic E-state index is 13.8. The summed E-state index contributed by atoms with van der Waals surface area (Å²) in [6, 6.07) is 16.4. The van der Waals surface area contributed by atoms with Crippen molar-refractivity contribution in [3.8, 4) is 0 Å². The number of amides is 1. The number of fused-ring (bicyclic) bond motifs is 1. The van der Waals surface area contributed by atoms with Crippen LogP contribution in [0, 0.1) is 17.0 Å². The van der Waals surface area contributed by atoms with Crippen molar-refractivity contribution < 1.29 is 14.5 Å². The Morgan fingerprint density at radius 1 is 1.13 bits per heavy atom. The van der Waals surface area contributed by atoms with Crippen LogP contribution in [-0.2, 0) is 23.5 Å². The summed E-state index contributed by atoms with van der Waals surface area (Å²) in [4.78, 5) is 45.5. The Morgan fingerprint density at radius 2 is 1.87 bits per heavy atom. The van der Waals surface area contributed by atoms with Crippen LogP contribution in [-0.4, -0.2) is 51.6 Å². The Hall–Kier alpha value is -3.54. The van der Waals surface area contributed by atoms with Crippen LogP contribution in [0.25, 0.3) is 10.2 Å². The zero-order valence-electron chi connectivity index (χ0n) is 20.8. The summed E-state index contributed by atoms with van der Waals surface area (Å²) in [6.45, 7) is 4.27. The molecule has 0 atom stereocenters. The van der Waals surface area contributed by atoms with E-state index in [0.29, 0.717) is 70.8 Å². The molecule has 1 fully saturated rings. The van der Waals surface area contributed by atoms with Gasteiger partial charge in [-0.05, 0) is 30.0 Å². The van der Waals surface area contributed by atoms with E-state index in [-0.39, 0.29) is 17.2 Å². The van der Waals surface area contributed by atoms with Crippen molar-refractivity contribution in [2.75, 3.05) is 26.3 Å². The van der Waals surface area contributed by atoms with Crippen molar-refractivity contribution in [3.05, 3.63) is 96.6 Å². The molecule has 0 N–H and O–H groups in total. The highest BCUT2D eigenvalue weighted by atomic mass is 32.2. The lowest BCUT2D eigenvalue weighted by Crippen LogP contribution is -2.40. The molecule has 0 saturated carbocycles. The molecule has 11 heteroatoms. The van der Waals surface area contributed by atoms with Gasteiger partial charge in [0, 0.05) is 37.5 Å². The van der Waals surface area contributed by atoms with E-state index in [0.717, 1.165) is 11.1 Å². The standard InChI is InChI=1S/C27H26N4O5S2/c1-18-22-24(38-23(18)26(33)29-12-14-36-15-13-29)28-27(37-17-20-8-5-9-21(16-20)31(34)35)30(25(22)32)11-10-19-6-3-2-4-7-19/h2-9,16H,10-15,17H2,1H3. The number of thiophene rings is 1. The molecule has 38 heavy (non-hydrogen) atoms. The van der Waals surface area contributed by atoms with Gasteiger partial charge >= 0.3 is 0 Å². The normalized spacial score (nSPS) is 13.7. The Balaban J connectivity index is 1.52. The highest BCUT2D eigenvalue weighted by Crippen LogP contribution is 2.31. The second kappa shape index (κ2) is 11.5. The summed E-state index contributed by atoms with van der Waals surface area (Å²) in [7, 11) is 0. The molecule has 5 rings (SSSR count). The van der Waals surface area contributed by atoms with E-state index in [2.05, 4.69) is 0 Å². The molecular formula is C27H26N4O5S2. The maximum Gasteiger partial charge on any atom is 0.269 e.